The number of benzene rings is 2. The number of aromatic amines is 1. The lowest BCUT2D eigenvalue weighted by molar-refractivity contribution is 0.432. The standard InChI is InChI=1S/C17H21F2N3.C15H17F2N3/c1-2-22-17(13-3-5-20-6-4-13)11-16(21-22)9-12-7-14(18)10-15(19)8-12;16-13-2-1-10(8-14(13)17)7-12-9-15(20-19-12)11-3-5-18-6-4-11/h7-8,10-11,13,20H,2-6,9H2,1H3;1-2,8-9,11,18H,3-7H2,(H,19,20). The predicted molar refractivity (Wildman–Crippen MR) is 155 cm³/mol. The van der Waals surface area contributed by atoms with Gasteiger partial charge in [-0.3, -0.25) is 9.78 Å². The number of hydrogen-bond acceptors (Lipinski definition) is 4. The summed E-state index contributed by atoms with van der Waals surface area (Å²) in [5.41, 5.74) is 5.49. The fraction of sp³-hybridized carbons (Fsp3) is 0.438. The molecule has 0 unspecified atom stereocenters. The summed E-state index contributed by atoms with van der Waals surface area (Å²) in [7, 11) is 0. The zero-order chi connectivity index (χ0) is 29.5. The molecule has 6 nitrogen and oxygen atoms in total. The summed E-state index contributed by atoms with van der Waals surface area (Å²) in [4.78, 5) is 0. The van der Waals surface area contributed by atoms with Crippen molar-refractivity contribution in [1.29, 1.82) is 0 Å². The van der Waals surface area contributed by atoms with Crippen molar-refractivity contribution in [2.75, 3.05) is 26.2 Å². The minimum absolute atomic E-state index is 0.458. The second-order valence-corrected chi connectivity index (χ2v) is 11.1. The van der Waals surface area contributed by atoms with E-state index in [0.29, 0.717) is 30.2 Å². The molecule has 2 aliphatic rings. The SMILES string of the molecule is CCn1nc(Cc2cc(F)cc(F)c2)cc1C1CCNCC1.Fc1ccc(Cc2cc(C3CCNCC3)n[nH]2)cc1F. The summed E-state index contributed by atoms with van der Waals surface area (Å²) in [6.07, 6.45) is 5.40. The predicted octanol–water partition coefficient (Wildman–Crippen LogP) is 5.98. The molecule has 3 N–H and O–H groups in total. The van der Waals surface area contributed by atoms with E-state index in [4.69, 9.17) is 0 Å². The average Bonchev–Trinajstić information content (AvgIpc) is 3.63. The lowest BCUT2D eigenvalue weighted by Crippen LogP contribution is -2.27. The highest BCUT2D eigenvalue weighted by Crippen LogP contribution is 2.27. The number of piperidine rings is 2. The van der Waals surface area contributed by atoms with Crippen LogP contribution in [0.4, 0.5) is 17.6 Å². The normalized spacial score (nSPS) is 16.3. The first-order valence-corrected chi connectivity index (χ1v) is 14.8. The van der Waals surface area contributed by atoms with E-state index < -0.39 is 23.3 Å². The lowest BCUT2D eigenvalue weighted by atomic mass is 9.94. The topological polar surface area (TPSA) is 70.6 Å². The maximum atomic E-state index is 13.3. The molecule has 0 saturated carbocycles. The van der Waals surface area contributed by atoms with Gasteiger partial charge in [0.2, 0.25) is 0 Å². The second-order valence-electron chi connectivity index (χ2n) is 11.1. The van der Waals surface area contributed by atoms with Crippen LogP contribution in [0.15, 0.2) is 48.5 Å². The highest BCUT2D eigenvalue weighted by Gasteiger charge is 2.21. The lowest BCUT2D eigenvalue weighted by Gasteiger charge is -2.23. The van der Waals surface area contributed by atoms with Crippen molar-refractivity contribution in [3.63, 3.8) is 0 Å². The first kappa shape index (κ1) is 30.0. The van der Waals surface area contributed by atoms with Gasteiger partial charge in [-0.05, 0) is 106 Å². The van der Waals surface area contributed by atoms with Crippen LogP contribution >= 0.6 is 0 Å². The first-order chi connectivity index (χ1) is 20.4. The van der Waals surface area contributed by atoms with Gasteiger partial charge >= 0.3 is 0 Å². The first-order valence-electron chi connectivity index (χ1n) is 14.8. The molecule has 2 aromatic heterocycles. The molecule has 2 aromatic carbocycles. The van der Waals surface area contributed by atoms with Gasteiger partial charge in [0.15, 0.2) is 11.6 Å². The maximum absolute atomic E-state index is 13.3. The largest absolute Gasteiger partial charge is 0.317 e. The molecule has 2 aliphatic heterocycles. The molecule has 0 aliphatic carbocycles. The van der Waals surface area contributed by atoms with Gasteiger partial charge in [-0.15, -0.1) is 0 Å². The van der Waals surface area contributed by atoms with Crippen LogP contribution in [0.25, 0.3) is 0 Å². The van der Waals surface area contributed by atoms with Crippen LogP contribution in [0.1, 0.15) is 78.3 Å². The Morgan fingerprint density at radius 2 is 1.40 bits per heavy atom. The van der Waals surface area contributed by atoms with E-state index in [0.717, 1.165) is 93.2 Å². The molecular formula is C32H38F4N6. The van der Waals surface area contributed by atoms with Crippen molar-refractivity contribution < 1.29 is 17.6 Å². The quantitative estimate of drug-likeness (QED) is 0.235. The maximum Gasteiger partial charge on any atom is 0.159 e. The van der Waals surface area contributed by atoms with Gasteiger partial charge in [0.05, 0.1) is 11.4 Å². The molecule has 0 atom stereocenters. The Balaban J connectivity index is 0.000000169. The molecular weight excluding hydrogens is 544 g/mol. The van der Waals surface area contributed by atoms with E-state index in [9.17, 15) is 17.6 Å². The molecule has 6 rings (SSSR count). The van der Waals surface area contributed by atoms with E-state index >= 15 is 0 Å². The minimum atomic E-state index is -0.811. The molecule has 4 aromatic rings. The van der Waals surface area contributed by atoms with Crippen LogP contribution in [0.2, 0.25) is 0 Å². The van der Waals surface area contributed by atoms with E-state index in [1.807, 2.05) is 10.7 Å². The number of aromatic nitrogens is 4. The van der Waals surface area contributed by atoms with Crippen molar-refractivity contribution in [2.45, 2.75) is 63.8 Å². The Hall–Kier alpha value is -3.50. The number of rotatable bonds is 7. The van der Waals surface area contributed by atoms with E-state index in [-0.39, 0.29) is 0 Å². The molecule has 2 saturated heterocycles. The molecule has 0 amide bonds. The monoisotopic (exact) mass is 582 g/mol. The molecule has 2 fully saturated rings. The second kappa shape index (κ2) is 14.1. The van der Waals surface area contributed by atoms with Gasteiger partial charge in [0.25, 0.3) is 0 Å². The van der Waals surface area contributed by atoms with Crippen LogP contribution in [0.3, 0.4) is 0 Å². The van der Waals surface area contributed by atoms with Crippen LogP contribution in [-0.2, 0) is 19.4 Å². The van der Waals surface area contributed by atoms with Crippen molar-refractivity contribution in [3.05, 3.63) is 106 Å². The zero-order valence-corrected chi connectivity index (χ0v) is 23.9. The van der Waals surface area contributed by atoms with Crippen LogP contribution in [0.5, 0.6) is 0 Å². The summed E-state index contributed by atoms with van der Waals surface area (Å²) < 4.78 is 54.7. The van der Waals surface area contributed by atoms with E-state index in [1.54, 1.807) is 6.07 Å². The third-order valence-corrected chi connectivity index (χ3v) is 8.01. The highest BCUT2D eigenvalue weighted by molar-refractivity contribution is 5.26. The summed E-state index contributed by atoms with van der Waals surface area (Å²) >= 11 is 0. The number of hydrogen-bond donors (Lipinski definition) is 3. The average molecular weight is 583 g/mol. The Kier molecular flexibility index (Phi) is 10.1. The number of H-pyrrole nitrogens is 1. The Morgan fingerprint density at radius 3 is 2.05 bits per heavy atom. The van der Waals surface area contributed by atoms with Crippen molar-refractivity contribution >= 4 is 0 Å². The minimum Gasteiger partial charge on any atom is -0.317 e. The number of aryl methyl sites for hydroxylation is 1. The third-order valence-electron chi connectivity index (χ3n) is 8.01. The molecule has 0 spiro atoms. The molecule has 0 bridgehead atoms. The van der Waals surface area contributed by atoms with Crippen LogP contribution in [0, 0.1) is 23.3 Å². The third kappa shape index (κ3) is 7.86. The molecule has 10 heteroatoms. The van der Waals surface area contributed by atoms with Crippen molar-refractivity contribution in [2.24, 2.45) is 0 Å². The van der Waals surface area contributed by atoms with Crippen LogP contribution in [-0.4, -0.2) is 46.2 Å². The summed E-state index contributed by atoms with van der Waals surface area (Å²) in [6, 6.07) is 11.8. The fourth-order valence-corrected chi connectivity index (χ4v) is 5.86. The van der Waals surface area contributed by atoms with Gasteiger partial charge in [0.1, 0.15) is 11.6 Å². The molecule has 0 radical (unpaired) electrons. The summed E-state index contributed by atoms with van der Waals surface area (Å²) in [5.74, 6) is -1.68. The van der Waals surface area contributed by atoms with Crippen molar-refractivity contribution in [1.82, 2.24) is 30.6 Å². The Labute approximate surface area is 243 Å². The Morgan fingerprint density at radius 1 is 0.738 bits per heavy atom. The van der Waals surface area contributed by atoms with E-state index in [2.05, 4.69) is 38.9 Å². The van der Waals surface area contributed by atoms with Gasteiger partial charge < -0.3 is 10.6 Å². The van der Waals surface area contributed by atoms with Gasteiger partial charge in [-0.2, -0.15) is 10.2 Å². The summed E-state index contributed by atoms with van der Waals surface area (Å²) in [5, 5.41) is 18.7. The highest BCUT2D eigenvalue weighted by atomic mass is 19.2. The van der Waals surface area contributed by atoms with Crippen LogP contribution < -0.4 is 10.6 Å². The van der Waals surface area contributed by atoms with Gasteiger partial charge in [-0.1, -0.05) is 6.07 Å². The van der Waals surface area contributed by atoms with Gasteiger partial charge in [0, 0.05) is 48.7 Å². The summed E-state index contributed by atoms with van der Waals surface area (Å²) in [6.45, 7) is 7.00. The number of halogens is 4. The smallest absolute Gasteiger partial charge is 0.159 e. The van der Waals surface area contributed by atoms with Crippen molar-refractivity contribution in [3.8, 4) is 0 Å². The van der Waals surface area contributed by atoms with Gasteiger partial charge in [-0.25, -0.2) is 17.6 Å². The number of nitrogens with one attached hydrogen (secondary N) is 3. The molecule has 224 valence electrons. The number of nitrogens with zero attached hydrogens (tertiary/aromatic N) is 3. The Bertz CT molecular complexity index is 1430. The van der Waals surface area contributed by atoms with E-state index in [1.165, 1.54) is 23.9 Å². The molecule has 42 heavy (non-hydrogen) atoms. The fourth-order valence-electron chi connectivity index (χ4n) is 5.86. The molecule has 4 heterocycles. The zero-order valence-electron chi connectivity index (χ0n) is 23.9.